The Kier molecular flexibility index (Phi) is 5.78. The molecule has 1 N–H and O–H groups in total. The lowest BCUT2D eigenvalue weighted by atomic mass is 9.99. The first kappa shape index (κ1) is 18.0. The molecule has 0 unspecified atom stereocenters. The van der Waals surface area contributed by atoms with Gasteiger partial charge in [-0.25, -0.2) is 0 Å². The number of hydrogen-bond acceptors (Lipinski definition) is 4. The Bertz CT molecular complexity index is 746. The highest BCUT2D eigenvalue weighted by Gasteiger charge is 2.31. The van der Waals surface area contributed by atoms with E-state index in [4.69, 9.17) is 27.9 Å². The number of nitrogens with one attached hydrogen (secondary N) is 1. The van der Waals surface area contributed by atoms with Crippen molar-refractivity contribution < 1.29 is 9.53 Å². The molecule has 0 bridgehead atoms. The van der Waals surface area contributed by atoms with Crippen LogP contribution in [0.4, 0.5) is 0 Å². The Morgan fingerprint density at radius 1 is 1.28 bits per heavy atom. The lowest BCUT2D eigenvalue weighted by Gasteiger charge is -2.37. The molecule has 1 saturated heterocycles. The summed E-state index contributed by atoms with van der Waals surface area (Å²) in [4.78, 5) is 18.1. The van der Waals surface area contributed by atoms with E-state index in [0.29, 0.717) is 22.4 Å². The maximum atomic E-state index is 11.5. The van der Waals surface area contributed by atoms with Crippen molar-refractivity contribution in [3.05, 3.63) is 57.8 Å². The topological polar surface area (TPSA) is 54.5 Å². The zero-order valence-corrected chi connectivity index (χ0v) is 15.3. The second-order valence-corrected chi connectivity index (χ2v) is 6.84. The number of ether oxygens (including phenoxy) is 1. The van der Waals surface area contributed by atoms with Crippen LogP contribution in [0.25, 0.3) is 0 Å². The molecule has 1 aliphatic heterocycles. The molecule has 1 amide bonds. The normalized spacial score (nSPS) is 14.8. The van der Waals surface area contributed by atoms with Gasteiger partial charge in [0.1, 0.15) is 12.4 Å². The molecule has 0 spiro atoms. The van der Waals surface area contributed by atoms with Gasteiger partial charge in [-0.1, -0.05) is 29.3 Å². The van der Waals surface area contributed by atoms with Crippen LogP contribution in [0.3, 0.4) is 0 Å². The zero-order chi connectivity index (χ0) is 17.8. The third-order valence-electron chi connectivity index (χ3n) is 4.15. The van der Waals surface area contributed by atoms with E-state index in [0.717, 1.165) is 30.9 Å². The lowest BCUT2D eigenvalue weighted by Crippen LogP contribution is -2.52. The van der Waals surface area contributed by atoms with Crippen molar-refractivity contribution in [3.63, 3.8) is 0 Å². The van der Waals surface area contributed by atoms with Crippen LogP contribution in [-0.2, 0) is 17.9 Å². The molecule has 1 aliphatic rings. The minimum absolute atomic E-state index is 0.0961. The minimum atomic E-state index is 0.0961. The number of amides is 1. The average molecular weight is 380 g/mol. The third kappa shape index (κ3) is 4.63. The maximum Gasteiger partial charge on any atom is 0.225 e. The van der Waals surface area contributed by atoms with Gasteiger partial charge in [-0.3, -0.25) is 14.7 Å². The number of halogens is 2. The number of hydrogen-bond donors (Lipinski definition) is 1. The van der Waals surface area contributed by atoms with Gasteiger partial charge in [-0.05, 0) is 29.8 Å². The molecule has 1 aromatic carbocycles. The molecule has 5 nitrogen and oxygen atoms in total. The van der Waals surface area contributed by atoms with Gasteiger partial charge in [0.15, 0.2) is 0 Å². The molecule has 25 heavy (non-hydrogen) atoms. The lowest BCUT2D eigenvalue weighted by molar-refractivity contribution is -0.129. The molecule has 0 saturated carbocycles. The Labute approximate surface area is 156 Å². The largest absolute Gasteiger partial charge is 0.487 e. The van der Waals surface area contributed by atoms with Gasteiger partial charge < -0.3 is 10.1 Å². The minimum Gasteiger partial charge on any atom is -0.487 e. The quantitative estimate of drug-likeness (QED) is 0.837. The molecular formula is C18H19Cl2N3O2. The molecule has 0 radical (unpaired) electrons. The molecular weight excluding hydrogens is 361 g/mol. The number of aromatic nitrogens is 1. The highest BCUT2D eigenvalue weighted by atomic mass is 35.5. The van der Waals surface area contributed by atoms with Crippen molar-refractivity contribution in [1.82, 2.24) is 15.2 Å². The molecule has 0 atom stereocenters. The monoisotopic (exact) mass is 379 g/mol. The van der Waals surface area contributed by atoms with E-state index in [1.807, 2.05) is 18.2 Å². The first-order chi connectivity index (χ1) is 12.0. The SMILES string of the molecule is CNC(=O)C1CN(Cc2ccc(OCc3ccc(Cl)c(Cl)c3)cn2)C1. The highest BCUT2D eigenvalue weighted by molar-refractivity contribution is 6.42. The predicted octanol–water partition coefficient (Wildman–Crippen LogP) is 3.15. The van der Waals surface area contributed by atoms with E-state index in [2.05, 4.69) is 15.2 Å². The van der Waals surface area contributed by atoms with E-state index in [1.54, 1.807) is 25.4 Å². The third-order valence-corrected chi connectivity index (χ3v) is 4.89. The summed E-state index contributed by atoms with van der Waals surface area (Å²) in [7, 11) is 1.67. The fraction of sp³-hybridized carbons (Fsp3) is 0.333. The molecule has 7 heteroatoms. The number of likely N-dealkylation sites (tertiary alicyclic amines) is 1. The summed E-state index contributed by atoms with van der Waals surface area (Å²) in [6.45, 7) is 2.69. The van der Waals surface area contributed by atoms with Gasteiger partial charge in [0.05, 0.1) is 27.9 Å². The highest BCUT2D eigenvalue weighted by Crippen LogP contribution is 2.23. The van der Waals surface area contributed by atoms with E-state index < -0.39 is 0 Å². The summed E-state index contributed by atoms with van der Waals surface area (Å²) in [5.41, 5.74) is 1.90. The van der Waals surface area contributed by atoms with Crippen LogP contribution in [0.2, 0.25) is 10.0 Å². The Balaban J connectivity index is 1.47. The second kappa shape index (κ2) is 8.04. The zero-order valence-electron chi connectivity index (χ0n) is 13.8. The van der Waals surface area contributed by atoms with Crippen LogP contribution in [0.5, 0.6) is 5.75 Å². The van der Waals surface area contributed by atoms with Crippen LogP contribution >= 0.6 is 23.2 Å². The van der Waals surface area contributed by atoms with Gasteiger partial charge in [0.25, 0.3) is 0 Å². The molecule has 2 aromatic rings. The van der Waals surface area contributed by atoms with Crippen molar-refractivity contribution in [2.45, 2.75) is 13.2 Å². The number of carbonyl (C=O) groups is 1. The summed E-state index contributed by atoms with van der Waals surface area (Å²) in [6, 6.07) is 9.26. The van der Waals surface area contributed by atoms with E-state index in [1.165, 1.54) is 0 Å². The van der Waals surface area contributed by atoms with Gasteiger partial charge in [0, 0.05) is 26.7 Å². The van der Waals surface area contributed by atoms with Crippen molar-refractivity contribution in [1.29, 1.82) is 0 Å². The van der Waals surface area contributed by atoms with Crippen molar-refractivity contribution in [2.75, 3.05) is 20.1 Å². The van der Waals surface area contributed by atoms with Crippen LogP contribution in [-0.4, -0.2) is 35.9 Å². The number of rotatable bonds is 6. The number of nitrogens with zero attached hydrogens (tertiary/aromatic N) is 2. The summed E-state index contributed by atoms with van der Waals surface area (Å²) in [5, 5.41) is 3.72. The first-order valence-electron chi connectivity index (χ1n) is 8.01. The Hall–Kier alpha value is -1.82. The van der Waals surface area contributed by atoms with E-state index >= 15 is 0 Å². The number of pyridine rings is 1. The fourth-order valence-corrected chi connectivity index (χ4v) is 3.00. The van der Waals surface area contributed by atoms with Gasteiger partial charge in [0.2, 0.25) is 5.91 Å². The second-order valence-electron chi connectivity index (χ2n) is 6.03. The number of carbonyl (C=O) groups excluding carboxylic acids is 1. The van der Waals surface area contributed by atoms with Crippen LogP contribution in [0.1, 0.15) is 11.3 Å². The molecule has 132 valence electrons. The molecule has 1 fully saturated rings. The Morgan fingerprint density at radius 3 is 2.72 bits per heavy atom. The van der Waals surface area contributed by atoms with E-state index in [-0.39, 0.29) is 11.8 Å². The van der Waals surface area contributed by atoms with E-state index in [9.17, 15) is 4.79 Å². The molecule has 1 aromatic heterocycles. The first-order valence-corrected chi connectivity index (χ1v) is 8.76. The Morgan fingerprint density at radius 2 is 2.08 bits per heavy atom. The number of benzene rings is 1. The van der Waals surface area contributed by atoms with Crippen LogP contribution in [0, 0.1) is 5.92 Å². The average Bonchev–Trinajstić information content (AvgIpc) is 2.59. The summed E-state index contributed by atoms with van der Waals surface area (Å²) in [6.07, 6.45) is 1.71. The van der Waals surface area contributed by atoms with Gasteiger partial charge >= 0.3 is 0 Å². The van der Waals surface area contributed by atoms with Crippen LogP contribution < -0.4 is 10.1 Å². The van der Waals surface area contributed by atoms with Crippen molar-refractivity contribution in [2.24, 2.45) is 5.92 Å². The smallest absolute Gasteiger partial charge is 0.225 e. The summed E-state index contributed by atoms with van der Waals surface area (Å²) >= 11 is 11.9. The maximum absolute atomic E-state index is 11.5. The standard InChI is InChI=1S/C18H19Cl2N3O2/c1-21-18(24)13-8-23(9-13)10-14-3-4-15(7-22-14)25-11-12-2-5-16(19)17(20)6-12/h2-7,13H,8-11H2,1H3,(H,21,24). The molecule has 0 aliphatic carbocycles. The fourth-order valence-electron chi connectivity index (χ4n) is 2.68. The van der Waals surface area contributed by atoms with Crippen LogP contribution in [0.15, 0.2) is 36.5 Å². The summed E-state index contributed by atoms with van der Waals surface area (Å²) < 4.78 is 5.72. The van der Waals surface area contributed by atoms with Gasteiger partial charge in [-0.2, -0.15) is 0 Å². The molecule has 3 rings (SSSR count). The predicted molar refractivity (Wildman–Crippen MR) is 97.9 cm³/mol. The van der Waals surface area contributed by atoms with Crippen molar-refractivity contribution >= 4 is 29.1 Å². The van der Waals surface area contributed by atoms with Gasteiger partial charge in [-0.15, -0.1) is 0 Å². The van der Waals surface area contributed by atoms with Crippen molar-refractivity contribution in [3.8, 4) is 5.75 Å². The summed E-state index contributed by atoms with van der Waals surface area (Å²) in [5.74, 6) is 0.899. The molecule has 2 heterocycles.